The Morgan fingerprint density at radius 3 is 1.15 bits per heavy atom. The zero-order valence-corrected chi connectivity index (χ0v) is 23.5. The van der Waals surface area contributed by atoms with Crippen LogP contribution in [-0.2, 0) is 6.42 Å². The Morgan fingerprint density at radius 1 is 0.412 bits per heavy atom. The predicted molar refractivity (Wildman–Crippen MR) is 155 cm³/mol. The van der Waals surface area contributed by atoms with E-state index < -0.39 is 0 Å². The van der Waals surface area contributed by atoms with Gasteiger partial charge in [0.25, 0.3) is 0 Å². The van der Waals surface area contributed by atoms with Crippen molar-refractivity contribution < 1.29 is 0 Å². The van der Waals surface area contributed by atoms with Gasteiger partial charge in [-0.25, -0.2) is 0 Å². The highest BCUT2D eigenvalue weighted by Crippen LogP contribution is 2.15. The second-order valence-corrected chi connectivity index (χ2v) is 10.8. The van der Waals surface area contributed by atoms with Crippen LogP contribution in [0.4, 0.5) is 0 Å². The van der Waals surface area contributed by atoms with Gasteiger partial charge in [0.1, 0.15) is 0 Å². The van der Waals surface area contributed by atoms with Crippen LogP contribution in [0.15, 0.2) is 30.3 Å². The molecule has 0 saturated carbocycles. The van der Waals surface area contributed by atoms with E-state index in [1.807, 2.05) is 0 Å². The summed E-state index contributed by atoms with van der Waals surface area (Å²) in [5.74, 6) is 0. The Morgan fingerprint density at radius 2 is 0.765 bits per heavy atom. The maximum absolute atomic E-state index is 2.66. The van der Waals surface area contributed by atoms with Crippen molar-refractivity contribution in [2.45, 2.75) is 155 Å². The van der Waals surface area contributed by atoms with Crippen LogP contribution in [0.5, 0.6) is 0 Å². The van der Waals surface area contributed by atoms with Gasteiger partial charge in [-0.05, 0) is 57.3 Å². The van der Waals surface area contributed by atoms with Gasteiger partial charge in [0, 0.05) is 0 Å². The summed E-state index contributed by atoms with van der Waals surface area (Å²) in [4.78, 5) is 2.66. The van der Waals surface area contributed by atoms with E-state index in [9.17, 15) is 0 Å². The second-order valence-electron chi connectivity index (χ2n) is 10.8. The molecule has 0 aliphatic rings. The molecule has 0 saturated heterocycles. The summed E-state index contributed by atoms with van der Waals surface area (Å²) in [6.07, 6.45) is 31.5. The Hall–Kier alpha value is -0.820. The fourth-order valence-corrected chi connectivity index (χ4v) is 5.28. The van der Waals surface area contributed by atoms with Crippen molar-refractivity contribution in [2.75, 3.05) is 19.6 Å². The first-order valence-electron chi connectivity index (χ1n) is 15.6. The van der Waals surface area contributed by atoms with E-state index in [0.717, 1.165) is 0 Å². The van der Waals surface area contributed by atoms with E-state index in [0.29, 0.717) is 0 Å². The topological polar surface area (TPSA) is 3.24 Å². The van der Waals surface area contributed by atoms with E-state index in [4.69, 9.17) is 0 Å². The van der Waals surface area contributed by atoms with E-state index in [1.165, 1.54) is 166 Å². The summed E-state index contributed by atoms with van der Waals surface area (Å²) < 4.78 is 0. The molecule has 0 fully saturated rings. The average molecular weight is 472 g/mol. The molecular formula is C33H61N. The standard InChI is InChI=1S/C33H61N/c1-3-30-34(31-4-2)32-26-21-19-17-15-13-11-9-7-5-6-8-10-12-14-16-18-20-23-27-33-28-24-22-25-29-33/h22,24-25,28-29H,3-21,23,26-27,30-32H2,1-2H3. The molecule has 0 amide bonds. The highest BCUT2D eigenvalue weighted by Gasteiger charge is 2.01. The normalized spacial score (nSPS) is 11.5. The van der Waals surface area contributed by atoms with Crippen LogP contribution < -0.4 is 0 Å². The van der Waals surface area contributed by atoms with Crippen molar-refractivity contribution >= 4 is 0 Å². The monoisotopic (exact) mass is 471 g/mol. The molecule has 0 heterocycles. The fourth-order valence-electron chi connectivity index (χ4n) is 5.28. The van der Waals surface area contributed by atoms with Gasteiger partial charge in [-0.15, -0.1) is 0 Å². The van der Waals surface area contributed by atoms with Crippen molar-refractivity contribution in [2.24, 2.45) is 0 Å². The SMILES string of the molecule is CCCN(CCC)CCCCCCCCCCCCCCCCCCCCCc1ccccc1. The van der Waals surface area contributed by atoms with Crippen molar-refractivity contribution in [3.05, 3.63) is 35.9 Å². The van der Waals surface area contributed by atoms with Crippen molar-refractivity contribution in [1.29, 1.82) is 0 Å². The summed E-state index contributed by atoms with van der Waals surface area (Å²) in [5, 5.41) is 0. The minimum Gasteiger partial charge on any atom is -0.303 e. The van der Waals surface area contributed by atoms with Crippen LogP contribution >= 0.6 is 0 Å². The van der Waals surface area contributed by atoms with Crippen LogP contribution in [-0.4, -0.2) is 24.5 Å². The first kappa shape index (κ1) is 31.2. The molecule has 0 atom stereocenters. The Kier molecular flexibility index (Phi) is 23.2. The molecule has 1 aromatic rings. The Labute approximate surface area is 215 Å². The van der Waals surface area contributed by atoms with E-state index in [-0.39, 0.29) is 0 Å². The van der Waals surface area contributed by atoms with Gasteiger partial charge in [0.05, 0.1) is 0 Å². The summed E-state index contributed by atoms with van der Waals surface area (Å²) in [6, 6.07) is 11.0. The van der Waals surface area contributed by atoms with Crippen LogP contribution in [0.25, 0.3) is 0 Å². The summed E-state index contributed by atoms with van der Waals surface area (Å²) >= 11 is 0. The van der Waals surface area contributed by atoms with Crippen LogP contribution in [0.2, 0.25) is 0 Å². The average Bonchev–Trinajstić information content (AvgIpc) is 2.86. The van der Waals surface area contributed by atoms with E-state index in [1.54, 1.807) is 0 Å². The lowest BCUT2D eigenvalue weighted by atomic mass is 10.0. The minimum atomic E-state index is 1.26. The highest BCUT2D eigenvalue weighted by molar-refractivity contribution is 5.14. The van der Waals surface area contributed by atoms with E-state index >= 15 is 0 Å². The fraction of sp³-hybridized carbons (Fsp3) is 0.818. The molecule has 0 aliphatic heterocycles. The molecule has 34 heavy (non-hydrogen) atoms. The van der Waals surface area contributed by atoms with Gasteiger partial charge in [-0.3, -0.25) is 0 Å². The number of aryl methyl sites for hydroxylation is 1. The van der Waals surface area contributed by atoms with Gasteiger partial charge in [-0.1, -0.05) is 153 Å². The maximum Gasteiger partial charge on any atom is -0.00187 e. The van der Waals surface area contributed by atoms with Gasteiger partial charge >= 0.3 is 0 Å². The second kappa shape index (κ2) is 25.3. The van der Waals surface area contributed by atoms with Gasteiger partial charge in [0.2, 0.25) is 0 Å². The van der Waals surface area contributed by atoms with Crippen molar-refractivity contribution in [3.8, 4) is 0 Å². The maximum atomic E-state index is 2.66. The molecule has 198 valence electrons. The first-order chi connectivity index (χ1) is 16.9. The van der Waals surface area contributed by atoms with E-state index in [2.05, 4.69) is 49.1 Å². The van der Waals surface area contributed by atoms with Gasteiger partial charge < -0.3 is 4.90 Å². The molecule has 0 radical (unpaired) electrons. The summed E-state index contributed by atoms with van der Waals surface area (Å²) in [5.41, 5.74) is 1.50. The predicted octanol–water partition coefficient (Wildman–Crippen LogP) is 10.8. The Bertz CT molecular complexity index is 491. The van der Waals surface area contributed by atoms with Crippen molar-refractivity contribution in [3.63, 3.8) is 0 Å². The number of hydrogen-bond acceptors (Lipinski definition) is 1. The molecule has 0 unspecified atom stereocenters. The lowest BCUT2D eigenvalue weighted by Crippen LogP contribution is -2.26. The molecule has 0 bridgehead atoms. The smallest absolute Gasteiger partial charge is 0.00187 e. The lowest BCUT2D eigenvalue weighted by Gasteiger charge is -2.20. The molecule has 0 aliphatic carbocycles. The van der Waals surface area contributed by atoms with Crippen LogP contribution in [0, 0.1) is 0 Å². The zero-order valence-electron chi connectivity index (χ0n) is 23.5. The zero-order chi connectivity index (χ0) is 24.4. The third-order valence-electron chi connectivity index (χ3n) is 7.36. The summed E-state index contributed by atoms with van der Waals surface area (Å²) in [6.45, 7) is 8.53. The number of nitrogens with zero attached hydrogens (tertiary/aromatic N) is 1. The summed E-state index contributed by atoms with van der Waals surface area (Å²) in [7, 11) is 0. The third kappa shape index (κ3) is 20.5. The third-order valence-corrected chi connectivity index (χ3v) is 7.36. The molecular weight excluding hydrogens is 410 g/mol. The molecule has 1 rings (SSSR count). The largest absolute Gasteiger partial charge is 0.303 e. The molecule has 0 aromatic heterocycles. The quantitative estimate of drug-likeness (QED) is 0.121. The minimum absolute atomic E-state index is 1.26. The Balaban J connectivity index is 1.69. The van der Waals surface area contributed by atoms with Gasteiger partial charge in [0.15, 0.2) is 0 Å². The van der Waals surface area contributed by atoms with Crippen LogP contribution in [0.1, 0.15) is 154 Å². The molecule has 0 spiro atoms. The number of rotatable bonds is 26. The first-order valence-corrected chi connectivity index (χ1v) is 15.6. The highest BCUT2D eigenvalue weighted by atomic mass is 15.1. The number of unbranched alkanes of at least 4 members (excludes halogenated alkanes) is 18. The molecule has 1 aromatic carbocycles. The molecule has 1 heteroatoms. The molecule has 0 N–H and O–H groups in total. The van der Waals surface area contributed by atoms with Crippen LogP contribution in [0.3, 0.4) is 0 Å². The van der Waals surface area contributed by atoms with Crippen molar-refractivity contribution in [1.82, 2.24) is 4.90 Å². The lowest BCUT2D eigenvalue weighted by molar-refractivity contribution is 0.267. The van der Waals surface area contributed by atoms with Gasteiger partial charge in [-0.2, -0.15) is 0 Å². The number of benzene rings is 1. The number of hydrogen-bond donors (Lipinski definition) is 0. The molecule has 1 nitrogen and oxygen atoms in total.